The van der Waals surface area contributed by atoms with E-state index in [1.165, 1.54) is 7.11 Å². The zero-order valence-electron chi connectivity index (χ0n) is 12.2. The van der Waals surface area contributed by atoms with Crippen LogP contribution in [-0.2, 0) is 0 Å². The molecule has 0 amide bonds. The van der Waals surface area contributed by atoms with Gasteiger partial charge in [0.15, 0.2) is 0 Å². The first-order valence-electron chi connectivity index (χ1n) is 6.90. The van der Waals surface area contributed by atoms with Crippen molar-refractivity contribution in [2.75, 3.05) is 7.11 Å². The molecule has 0 aliphatic carbocycles. The minimum absolute atomic E-state index is 0.0935. The molecule has 2 nitrogen and oxygen atoms in total. The van der Waals surface area contributed by atoms with Crippen LogP contribution in [0.3, 0.4) is 0 Å². The first-order valence-corrected chi connectivity index (χ1v) is 6.90. The van der Waals surface area contributed by atoms with E-state index in [0.717, 1.165) is 12.2 Å². The topological polar surface area (TPSA) is 18.5 Å². The van der Waals surface area contributed by atoms with E-state index < -0.39 is 11.7 Å². The highest BCUT2D eigenvalue weighted by molar-refractivity contribution is 5.76. The number of para-hydroxylation sites is 2. The summed E-state index contributed by atoms with van der Waals surface area (Å²) in [6.45, 7) is 0. The van der Waals surface area contributed by atoms with E-state index in [1.54, 1.807) is 48.5 Å². The van der Waals surface area contributed by atoms with Crippen LogP contribution < -0.4 is 9.47 Å². The molecule has 1 aliphatic rings. The van der Waals surface area contributed by atoms with Crippen LogP contribution in [0.1, 0.15) is 11.1 Å². The Morgan fingerprint density at radius 1 is 0.913 bits per heavy atom. The van der Waals surface area contributed by atoms with Crippen molar-refractivity contribution < 1.29 is 22.6 Å². The molecule has 0 saturated heterocycles. The maximum Gasteiger partial charge on any atom is 0.416 e. The number of hydrogen-bond donors (Lipinski definition) is 0. The maximum absolute atomic E-state index is 13.3. The number of benzene rings is 2. The second-order valence-electron chi connectivity index (χ2n) is 4.95. The number of fused-ring (bicyclic) bond motifs is 1. The van der Waals surface area contributed by atoms with Crippen molar-refractivity contribution in [3.05, 3.63) is 71.3 Å². The van der Waals surface area contributed by atoms with Gasteiger partial charge in [0.25, 0.3) is 0 Å². The molecule has 2 aromatic rings. The standard InChI is InChI=1S/C18H13F3O2/c1-22-16-9-5-3-7-14(16)17-11-13(18(19,20)21)10-12-6-2-4-8-15(12)23-17/h2-11H,1H3. The van der Waals surface area contributed by atoms with Crippen LogP contribution in [0.4, 0.5) is 13.2 Å². The largest absolute Gasteiger partial charge is 0.496 e. The quantitative estimate of drug-likeness (QED) is 0.769. The molecule has 0 aromatic heterocycles. The maximum atomic E-state index is 13.3. The summed E-state index contributed by atoms with van der Waals surface area (Å²) in [6.07, 6.45) is -2.40. The number of allylic oxidation sites excluding steroid dienone is 2. The van der Waals surface area contributed by atoms with Gasteiger partial charge in [-0.3, -0.25) is 0 Å². The summed E-state index contributed by atoms with van der Waals surface area (Å²) in [6, 6.07) is 13.4. The molecule has 1 heterocycles. The van der Waals surface area contributed by atoms with Gasteiger partial charge in [0, 0.05) is 5.56 Å². The summed E-state index contributed by atoms with van der Waals surface area (Å²) in [7, 11) is 1.46. The van der Waals surface area contributed by atoms with Gasteiger partial charge in [0.1, 0.15) is 17.3 Å². The second kappa shape index (κ2) is 5.83. The predicted molar refractivity (Wildman–Crippen MR) is 82.1 cm³/mol. The Labute approximate surface area is 131 Å². The molecule has 0 radical (unpaired) electrons. The van der Waals surface area contributed by atoms with E-state index in [-0.39, 0.29) is 5.76 Å². The average molecular weight is 318 g/mol. The minimum Gasteiger partial charge on any atom is -0.496 e. The molecule has 2 aromatic carbocycles. The Balaban J connectivity index is 2.18. The highest BCUT2D eigenvalue weighted by atomic mass is 19.4. The lowest BCUT2D eigenvalue weighted by molar-refractivity contribution is -0.0872. The Kier molecular flexibility index (Phi) is 3.86. The Hall–Kier alpha value is -2.69. The van der Waals surface area contributed by atoms with Gasteiger partial charge >= 0.3 is 6.18 Å². The zero-order valence-corrected chi connectivity index (χ0v) is 12.2. The fraction of sp³-hybridized carbons (Fsp3) is 0.111. The minimum atomic E-state index is -4.48. The number of methoxy groups -OCH3 is 1. The Morgan fingerprint density at radius 2 is 1.61 bits per heavy atom. The molecule has 5 heteroatoms. The molecule has 0 atom stereocenters. The highest BCUT2D eigenvalue weighted by Crippen LogP contribution is 2.38. The van der Waals surface area contributed by atoms with Crippen molar-refractivity contribution in [1.29, 1.82) is 0 Å². The van der Waals surface area contributed by atoms with Crippen molar-refractivity contribution in [1.82, 2.24) is 0 Å². The predicted octanol–water partition coefficient (Wildman–Crippen LogP) is 5.07. The summed E-state index contributed by atoms with van der Waals surface area (Å²) in [5.74, 6) is 0.902. The van der Waals surface area contributed by atoms with E-state index in [4.69, 9.17) is 9.47 Å². The van der Waals surface area contributed by atoms with Crippen LogP contribution in [0.5, 0.6) is 11.5 Å². The van der Waals surface area contributed by atoms with Gasteiger partial charge in [-0.05, 0) is 30.4 Å². The van der Waals surface area contributed by atoms with Crippen LogP contribution in [-0.4, -0.2) is 13.3 Å². The van der Waals surface area contributed by atoms with Crippen LogP contribution in [0, 0.1) is 0 Å². The van der Waals surface area contributed by atoms with Crippen molar-refractivity contribution in [2.45, 2.75) is 6.18 Å². The lowest BCUT2D eigenvalue weighted by Crippen LogP contribution is -2.10. The first-order chi connectivity index (χ1) is 11.0. The van der Waals surface area contributed by atoms with Gasteiger partial charge in [0.05, 0.1) is 18.2 Å². The summed E-state index contributed by atoms with van der Waals surface area (Å²) < 4.78 is 50.8. The highest BCUT2D eigenvalue weighted by Gasteiger charge is 2.34. The molecule has 0 fully saturated rings. The molecule has 1 aliphatic heterocycles. The van der Waals surface area contributed by atoms with Crippen molar-refractivity contribution in [2.24, 2.45) is 0 Å². The van der Waals surface area contributed by atoms with Gasteiger partial charge < -0.3 is 9.47 Å². The fourth-order valence-electron chi connectivity index (χ4n) is 2.34. The van der Waals surface area contributed by atoms with E-state index >= 15 is 0 Å². The number of alkyl halides is 3. The molecular formula is C18H13F3O2. The normalized spacial score (nSPS) is 14.1. The third-order valence-electron chi connectivity index (χ3n) is 3.44. The van der Waals surface area contributed by atoms with Crippen LogP contribution >= 0.6 is 0 Å². The van der Waals surface area contributed by atoms with E-state index in [9.17, 15) is 13.2 Å². The van der Waals surface area contributed by atoms with E-state index in [1.807, 2.05) is 0 Å². The van der Waals surface area contributed by atoms with Crippen LogP contribution in [0.25, 0.3) is 11.8 Å². The van der Waals surface area contributed by atoms with E-state index in [2.05, 4.69) is 0 Å². The third kappa shape index (κ3) is 3.08. The van der Waals surface area contributed by atoms with Gasteiger partial charge in [-0.2, -0.15) is 13.2 Å². The monoisotopic (exact) mass is 318 g/mol. The van der Waals surface area contributed by atoms with Crippen LogP contribution in [0.15, 0.2) is 60.2 Å². The molecular weight excluding hydrogens is 305 g/mol. The van der Waals surface area contributed by atoms with Gasteiger partial charge in [-0.1, -0.05) is 30.3 Å². The molecule has 0 N–H and O–H groups in total. The summed E-state index contributed by atoms with van der Waals surface area (Å²) in [4.78, 5) is 0. The molecule has 3 rings (SSSR count). The van der Waals surface area contributed by atoms with Crippen molar-refractivity contribution in [3.63, 3.8) is 0 Å². The number of halogens is 3. The smallest absolute Gasteiger partial charge is 0.416 e. The van der Waals surface area contributed by atoms with Gasteiger partial charge in [-0.15, -0.1) is 0 Å². The Bertz CT molecular complexity index is 789. The summed E-state index contributed by atoms with van der Waals surface area (Å²) in [5.41, 5.74) is 0.0613. The lowest BCUT2D eigenvalue weighted by Gasteiger charge is -2.14. The molecule has 0 bridgehead atoms. The van der Waals surface area contributed by atoms with Crippen LogP contribution in [0.2, 0.25) is 0 Å². The number of rotatable bonds is 2. The molecule has 23 heavy (non-hydrogen) atoms. The second-order valence-corrected chi connectivity index (χ2v) is 4.95. The van der Waals surface area contributed by atoms with Gasteiger partial charge in [0.2, 0.25) is 0 Å². The summed E-state index contributed by atoms with van der Waals surface area (Å²) in [5, 5.41) is 0. The van der Waals surface area contributed by atoms with Gasteiger partial charge in [-0.25, -0.2) is 0 Å². The average Bonchev–Trinajstić information content (AvgIpc) is 2.74. The fourth-order valence-corrected chi connectivity index (χ4v) is 2.34. The number of ether oxygens (including phenoxy) is 2. The number of hydrogen-bond acceptors (Lipinski definition) is 2. The summed E-state index contributed by atoms with van der Waals surface area (Å²) >= 11 is 0. The first kappa shape index (κ1) is 15.2. The van der Waals surface area contributed by atoms with Crippen molar-refractivity contribution >= 4 is 11.8 Å². The zero-order chi connectivity index (χ0) is 16.4. The van der Waals surface area contributed by atoms with E-state index in [0.29, 0.717) is 22.6 Å². The molecule has 0 spiro atoms. The third-order valence-corrected chi connectivity index (χ3v) is 3.44. The molecule has 118 valence electrons. The molecule has 0 saturated carbocycles. The Morgan fingerprint density at radius 3 is 2.35 bits per heavy atom. The molecule has 0 unspecified atom stereocenters. The SMILES string of the molecule is COc1ccccc1C1=CC(C(F)(F)F)=Cc2ccccc2O1. The van der Waals surface area contributed by atoms with Crippen molar-refractivity contribution in [3.8, 4) is 11.5 Å². The lowest BCUT2D eigenvalue weighted by atomic mass is 10.1.